The van der Waals surface area contributed by atoms with Crippen molar-refractivity contribution < 1.29 is 14.0 Å². The fraction of sp³-hybridized carbons (Fsp3) is 0.136. The van der Waals surface area contributed by atoms with Crippen LogP contribution in [0.25, 0.3) is 10.8 Å². The van der Waals surface area contributed by atoms with Crippen LogP contribution in [0, 0.1) is 12.2 Å². The lowest BCUT2D eigenvalue weighted by Gasteiger charge is -2.15. The van der Waals surface area contributed by atoms with Gasteiger partial charge < -0.3 is 11.1 Å². The van der Waals surface area contributed by atoms with Crippen LogP contribution in [0.1, 0.15) is 11.1 Å². The van der Waals surface area contributed by atoms with Gasteiger partial charge in [-0.3, -0.25) is 9.59 Å². The maximum absolute atomic E-state index is 13.3. The summed E-state index contributed by atoms with van der Waals surface area (Å²) in [7, 11) is 0. The molecule has 3 rings (SSSR count). The van der Waals surface area contributed by atoms with Crippen molar-refractivity contribution >= 4 is 22.6 Å². The van der Waals surface area contributed by atoms with Gasteiger partial charge in [-0.2, -0.15) is 0 Å². The summed E-state index contributed by atoms with van der Waals surface area (Å²) in [4.78, 5) is 23.8. The molecule has 0 fully saturated rings. The zero-order valence-electron chi connectivity index (χ0n) is 14.7. The molecule has 137 valence electrons. The van der Waals surface area contributed by atoms with Crippen molar-refractivity contribution in [3.63, 3.8) is 0 Å². The molecule has 0 aliphatic rings. The van der Waals surface area contributed by atoms with Crippen molar-refractivity contribution in [3.05, 3.63) is 90.1 Å². The van der Waals surface area contributed by atoms with Gasteiger partial charge in [-0.25, -0.2) is 4.39 Å². The third-order valence-electron chi connectivity index (χ3n) is 4.33. The summed E-state index contributed by atoms with van der Waals surface area (Å²) in [6.45, 7) is 0. The van der Waals surface area contributed by atoms with E-state index in [1.807, 2.05) is 42.5 Å². The second kappa shape index (κ2) is 8.45. The van der Waals surface area contributed by atoms with Gasteiger partial charge in [0.15, 0.2) is 0 Å². The number of fused-ring (bicyclic) bond motifs is 1. The van der Waals surface area contributed by atoms with Crippen LogP contribution in [0.15, 0.2) is 66.7 Å². The Labute approximate surface area is 157 Å². The van der Waals surface area contributed by atoms with E-state index in [1.54, 1.807) is 12.1 Å². The minimum absolute atomic E-state index is 0.142. The van der Waals surface area contributed by atoms with Crippen molar-refractivity contribution in [2.75, 3.05) is 0 Å². The molecular weight excluding hydrogens is 343 g/mol. The van der Waals surface area contributed by atoms with Gasteiger partial charge in [0.1, 0.15) is 11.9 Å². The Morgan fingerprint density at radius 1 is 0.963 bits per heavy atom. The quantitative estimate of drug-likeness (QED) is 0.677. The monoisotopic (exact) mass is 363 g/mol. The molecule has 3 aromatic carbocycles. The Hall–Kier alpha value is -3.21. The molecule has 0 aromatic heterocycles. The average Bonchev–Trinajstić information content (AvgIpc) is 2.65. The Kier molecular flexibility index (Phi) is 5.81. The smallest absolute Gasteiger partial charge is 0.240 e. The Balaban J connectivity index is 1.59. The predicted molar refractivity (Wildman–Crippen MR) is 103 cm³/mol. The van der Waals surface area contributed by atoms with Gasteiger partial charge in [0.25, 0.3) is 0 Å². The summed E-state index contributed by atoms with van der Waals surface area (Å²) >= 11 is 0. The molecule has 3 aromatic rings. The van der Waals surface area contributed by atoms with E-state index in [0.29, 0.717) is 12.0 Å². The summed E-state index contributed by atoms with van der Waals surface area (Å²) in [6.07, 6.45) is 2.05. The van der Waals surface area contributed by atoms with Gasteiger partial charge >= 0.3 is 0 Å². The molecule has 0 aliphatic heterocycles. The van der Waals surface area contributed by atoms with E-state index in [0.717, 1.165) is 16.3 Å². The van der Waals surface area contributed by atoms with Gasteiger partial charge in [0, 0.05) is 6.42 Å². The fourth-order valence-corrected chi connectivity index (χ4v) is 2.93. The van der Waals surface area contributed by atoms with E-state index < -0.39 is 17.8 Å². The standard InChI is InChI=1S/C22H20FN2O2/c23-19-7-3-4-16(13-19)14-20(22(24)27)25-21(26)11-9-15-8-10-17-5-1-2-6-18(17)12-15/h1-8,10-13,20H,9,14H2,(H2,24,27)(H,25,26)/t20-/m0/s1. The summed E-state index contributed by atoms with van der Waals surface area (Å²) in [5.74, 6) is -1.44. The SMILES string of the molecule is NC(=O)[C@H](Cc1cccc(F)c1)NC(=O)[CH]Cc1ccc2ccccc2c1. The van der Waals surface area contributed by atoms with Crippen LogP contribution in [0.5, 0.6) is 0 Å². The van der Waals surface area contributed by atoms with Crippen LogP contribution in [-0.4, -0.2) is 17.9 Å². The minimum atomic E-state index is -0.896. The van der Waals surface area contributed by atoms with Gasteiger partial charge in [-0.05, 0) is 40.5 Å². The number of carbonyl (C=O) groups is 2. The van der Waals surface area contributed by atoms with E-state index in [-0.39, 0.29) is 12.3 Å². The molecule has 1 radical (unpaired) electrons. The van der Waals surface area contributed by atoms with Crippen molar-refractivity contribution in [1.29, 1.82) is 0 Å². The molecule has 27 heavy (non-hydrogen) atoms. The minimum Gasteiger partial charge on any atom is -0.368 e. The Morgan fingerprint density at radius 3 is 2.48 bits per heavy atom. The zero-order chi connectivity index (χ0) is 19.2. The van der Waals surface area contributed by atoms with E-state index >= 15 is 0 Å². The third-order valence-corrected chi connectivity index (χ3v) is 4.33. The van der Waals surface area contributed by atoms with E-state index in [4.69, 9.17) is 5.73 Å². The molecule has 0 aliphatic carbocycles. The van der Waals surface area contributed by atoms with Crippen LogP contribution in [-0.2, 0) is 22.4 Å². The van der Waals surface area contributed by atoms with Gasteiger partial charge in [-0.1, -0.05) is 54.6 Å². The lowest BCUT2D eigenvalue weighted by molar-refractivity contribution is -0.125. The molecule has 4 nitrogen and oxygen atoms in total. The van der Waals surface area contributed by atoms with Crippen LogP contribution in [0.4, 0.5) is 4.39 Å². The second-order valence-corrected chi connectivity index (χ2v) is 6.39. The fourth-order valence-electron chi connectivity index (χ4n) is 2.93. The summed E-state index contributed by atoms with van der Waals surface area (Å²) < 4.78 is 13.3. The van der Waals surface area contributed by atoms with Crippen molar-refractivity contribution in [3.8, 4) is 0 Å². The average molecular weight is 363 g/mol. The molecule has 0 spiro atoms. The van der Waals surface area contributed by atoms with E-state index in [1.165, 1.54) is 18.6 Å². The highest BCUT2D eigenvalue weighted by Crippen LogP contribution is 2.16. The number of hydrogen-bond acceptors (Lipinski definition) is 2. The first-order valence-corrected chi connectivity index (χ1v) is 8.66. The summed E-state index contributed by atoms with van der Waals surface area (Å²) in [5.41, 5.74) is 6.96. The van der Waals surface area contributed by atoms with Crippen LogP contribution < -0.4 is 11.1 Å². The van der Waals surface area contributed by atoms with Crippen molar-refractivity contribution in [1.82, 2.24) is 5.32 Å². The molecule has 0 unspecified atom stereocenters. The van der Waals surface area contributed by atoms with Gasteiger partial charge in [-0.15, -0.1) is 0 Å². The normalized spacial score (nSPS) is 11.9. The number of nitrogens with one attached hydrogen (secondary N) is 1. The molecular formula is C22H20FN2O2. The first kappa shape index (κ1) is 18.6. The molecule has 3 N–H and O–H groups in total. The topological polar surface area (TPSA) is 72.2 Å². The number of amides is 2. The van der Waals surface area contributed by atoms with Crippen LogP contribution in [0.2, 0.25) is 0 Å². The number of carbonyl (C=O) groups excluding carboxylic acids is 2. The lowest BCUT2D eigenvalue weighted by atomic mass is 10.0. The van der Waals surface area contributed by atoms with Gasteiger partial charge in [0.05, 0.1) is 6.42 Å². The van der Waals surface area contributed by atoms with Crippen molar-refractivity contribution in [2.24, 2.45) is 5.73 Å². The predicted octanol–water partition coefficient (Wildman–Crippen LogP) is 2.94. The van der Waals surface area contributed by atoms with E-state index in [9.17, 15) is 14.0 Å². The number of rotatable bonds is 7. The first-order valence-electron chi connectivity index (χ1n) is 8.66. The maximum Gasteiger partial charge on any atom is 0.240 e. The number of halogens is 1. The van der Waals surface area contributed by atoms with Crippen molar-refractivity contribution in [2.45, 2.75) is 18.9 Å². The lowest BCUT2D eigenvalue weighted by Crippen LogP contribution is -2.46. The second-order valence-electron chi connectivity index (χ2n) is 6.39. The molecule has 5 heteroatoms. The number of hydrogen-bond donors (Lipinski definition) is 2. The molecule has 1 atom stereocenters. The highest BCUT2D eigenvalue weighted by atomic mass is 19.1. The summed E-state index contributed by atoms with van der Waals surface area (Å²) in [6, 6.07) is 19.0. The molecule has 2 amide bonds. The number of nitrogens with two attached hydrogens (primary N) is 1. The Morgan fingerprint density at radius 2 is 1.74 bits per heavy atom. The van der Waals surface area contributed by atoms with Crippen LogP contribution in [0.3, 0.4) is 0 Å². The maximum atomic E-state index is 13.3. The molecule has 0 heterocycles. The highest BCUT2D eigenvalue weighted by Gasteiger charge is 2.19. The molecule has 0 saturated heterocycles. The highest BCUT2D eigenvalue weighted by molar-refractivity contribution is 5.91. The largest absolute Gasteiger partial charge is 0.368 e. The third kappa shape index (κ3) is 5.14. The molecule has 0 bridgehead atoms. The van der Waals surface area contributed by atoms with Crippen LogP contribution >= 0.6 is 0 Å². The Bertz CT molecular complexity index is 971. The number of primary amides is 1. The first-order chi connectivity index (χ1) is 13.0. The molecule has 0 saturated carbocycles. The van der Waals surface area contributed by atoms with E-state index in [2.05, 4.69) is 5.32 Å². The number of benzene rings is 3. The van der Waals surface area contributed by atoms with Gasteiger partial charge in [0.2, 0.25) is 11.8 Å². The summed E-state index contributed by atoms with van der Waals surface area (Å²) in [5, 5.41) is 4.84. The zero-order valence-corrected chi connectivity index (χ0v) is 14.7.